The van der Waals surface area contributed by atoms with Gasteiger partial charge >= 0.3 is 0 Å². The number of aromatic nitrogens is 5. The number of hydrogen-bond donors (Lipinski definition) is 2. The molecule has 1 amide bonds. The van der Waals surface area contributed by atoms with Gasteiger partial charge in [0.15, 0.2) is 0 Å². The van der Waals surface area contributed by atoms with Crippen molar-refractivity contribution in [2.45, 2.75) is 0 Å². The minimum Gasteiger partial charge on any atom is -0.291 e. The van der Waals surface area contributed by atoms with Crippen molar-refractivity contribution in [2.75, 3.05) is 5.32 Å². The highest BCUT2D eigenvalue weighted by Gasteiger charge is 2.09. The third kappa shape index (κ3) is 1.81. The molecule has 18 heavy (non-hydrogen) atoms. The summed E-state index contributed by atoms with van der Waals surface area (Å²) in [5.41, 5.74) is 1.31. The summed E-state index contributed by atoms with van der Waals surface area (Å²) in [6, 6.07) is 5.34. The van der Waals surface area contributed by atoms with Crippen molar-refractivity contribution in [2.24, 2.45) is 7.05 Å². The van der Waals surface area contributed by atoms with Crippen LogP contribution in [0.4, 0.5) is 5.95 Å². The zero-order chi connectivity index (χ0) is 12.5. The number of nitrogens with one attached hydrogen (secondary N) is 2. The lowest BCUT2D eigenvalue weighted by molar-refractivity contribution is 0.102. The third-order valence-corrected chi connectivity index (χ3v) is 2.53. The molecule has 3 rings (SSSR count). The number of amides is 1. The number of nitrogens with zero attached hydrogens (tertiary/aromatic N) is 4. The van der Waals surface area contributed by atoms with Crippen LogP contribution < -0.4 is 5.32 Å². The van der Waals surface area contributed by atoms with Crippen molar-refractivity contribution in [1.82, 2.24) is 25.0 Å². The number of aryl methyl sites for hydroxylation is 1. The minimum absolute atomic E-state index is 0.251. The summed E-state index contributed by atoms with van der Waals surface area (Å²) < 4.78 is 1.71. The average molecular weight is 242 g/mol. The van der Waals surface area contributed by atoms with E-state index >= 15 is 0 Å². The molecule has 0 bridgehead atoms. The predicted octanol–water partition coefficient (Wildman–Crippen LogP) is 0.944. The third-order valence-electron chi connectivity index (χ3n) is 2.53. The number of benzene rings is 1. The zero-order valence-electron chi connectivity index (χ0n) is 9.58. The van der Waals surface area contributed by atoms with Crippen molar-refractivity contribution in [3.63, 3.8) is 0 Å². The van der Waals surface area contributed by atoms with E-state index < -0.39 is 0 Å². The molecule has 0 aliphatic heterocycles. The summed E-state index contributed by atoms with van der Waals surface area (Å²) in [7, 11) is 1.84. The lowest BCUT2D eigenvalue weighted by Gasteiger charge is -2.00. The Balaban J connectivity index is 1.91. The molecule has 7 heteroatoms. The monoisotopic (exact) mass is 242 g/mol. The number of anilines is 1. The molecule has 0 saturated carbocycles. The molecule has 0 aliphatic rings. The molecule has 2 heterocycles. The van der Waals surface area contributed by atoms with Crippen LogP contribution in [-0.4, -0.2) is 30.9 Å². The highest BCUT2D eigenvalue weighted by atomic mass is 16.1. The Hall–Kier alpha value is -2.70. The van der Waals surface area contributed by atoms with Crippen molar-refractivity contribution in [3.8, 4) is 0 Å². The molecular formula is C11H10N6O. The van der Waals surface area contributed by atoms with Crippen LogP contribution in [0, 0.1) is 0 Å². The summed E-state index contributed by atoms with van der Waals surface area (Å²) in [5.74, 6) is 0.0698. The number of rotatable bonds is 2. The molecular weight excluding hydrogens is 232 g/mol. The van der Waals surface area contributed by atoms with E-state index in [4.69, 9.17) is 0 Å². The Labute approximate surface area is 102 Å². The number of carbonyl (C=O) groups excluding carboxylic acids is 1. The largest absolute Gasteiger partial charge is 0.291 e. The molecule has 2 aromatic heterocycles. The van der Waals surface area contributed by atoms with Gasteiger partial charge in [-0.05, 0) is 12.1 Å². The van der Waals surface area contributed by atoms with Gasteiger partial charge in [0, 0.05) is 24.2 Å². The van der Waals surface area contributed by atoms with Gasteiger partial charge in [0.2, 0.25) is 5.95 Å². The standard InChI is InChI=1S/C11H10N6O/c1-17-5-8-3-2-7(4-9(8)16-17)10(18)14-11-12-6-13-15-11/h2-6H,1H3,(H2,12,13,14,15,18). The van der Waals surface area contributed by atoms with Gasteiger partial charge in [-0.1, -0.05) is 6.07 Å². The van der Waals surface area contributed by atoms with E-state index in [1.54, 1.807) is 16.8 Å². The topological polar surface area (TPSA) is 88.5 Å². The quantitative estimate of drug-likeness (QED) is 0.700. The minimum atomic E-state index is -0.251. The molecule has 1 aromatic carbocycles. The Kier molecular flexibility index (Phi) is 2.30. The van der Waals surface area contributed by atoms with Crippen LogP contribution >= 0.6 is 0 Å². The maximum absolute atomic E-state index is 11.9. The summed E-state index contributed by atoms with van der Waals surface area (Å²) in [6.45, 7) is 0. The summed E-state index contributed by atoms with van der Waals surface area (Å²) in [4.78, 5) is 15.8. The van der Waals surface area contributed by atoms with Gasteiger partial charge in [-0.25, -0.2) is 5.10 Å². The van der Waals surface area contributed by atoms with Crippen LogP contribution in [0.3, 0.4) is 0 Å². The van der Waals surface area contributed by atoms with E-state index in [-0.39, 0.29) is 5.91 Å². The first-order valence-electron chi connectivity index (χ1n) is 5.32. The first-order chi connectivity index (χ1) is 8.72. The van der Waals surface area contributed by atoms with Crippen LogP contribution in [0.15, 0.2) is 30.7 Å². The Morgan fingerprint density at radius 2 is 2.33 bits per heavy atom. The van der Waals surface area contributed by atoms with E-state index in [1.165, 1.54) is 6.33 Å². The summed E-state index contributed by atoms with van der Waals surface area (Å²) >= 11 is 0. The molecule has 0 saturated heterocycles. The van der Waals surface area contributed by atoms with Crippen LogP contribution in [0.5, 0.6) is 0 Å². The second-order valence-electron chi connectivity index (χ2n) is 3.86. The molecule has 2 N–H and O–H groups in total. The fourth-order valence-corrected chi connectivity index (χ4v) is 1.73. The van der Waals surface area contributed by atoms with E-state index in [9.17, 15) is 4.79 Å². The number of hydrogen-bond acceptors (Lipinski definition) is 4. The molecule has 0 atom stereocenters. The molecule has 7 nitrogen and oxygen atoms in total. The van der Waals surface area contributed by atoms with Gasteiger partial charge in [0.05, 0.1) is 5.52 Å². The molecule has 3 aromatic rings. The van der Waals surface area contributed by atoms with Crippen molar-refractivity contribution in [3.05, 3.63) is 36.3 Å². The fourth-order valence-electron chi connectivity index (χ4n) is 1.73. The number of H-pyrrole nitrogens is 1. The van der Waals surface area contributed by atoms with Gasteiger partial charge in [-0.3, -0.25) is 14.8 Å². The van der Waals surface area contributed by atoms with E-state index in [0.29, 0.717) is 11.5 Å². The van der Waals surface area contributed by atoms with Gasteiger partial charge in [0.1, 0.15) is 6.33 Å². The van der Waals surface area contributed by atoms with Gasteiger partial charge < -0.3 is 0 Å². The summed E-state index contributed by atoms with van der Waals surface area (Å²) in [6.07, 6.45) is 3.23. The van der Waals surface area contributed by atoms with Crippen LogP contribution in [0.1, 0.15) is 10.4 Å². The van der Waals surface area contributed by atoms with Crippen molar-refractivity contribution in [1.29, 1.82) is 0 Å². The van der Waals surface area contributed by atoms with Crippen molar-refractivity contribution >= 4 is 22.8 Å². The maximum atomic E-state index is 11.9. The second-order valence-corrected chi connectivity index (χ2v) is 3.86. The average Bonchev–Trinajstić information content (AvgIpc) is 2.95. The normalized spacial score (nSPS) is 10.7. The number of carbonyl (C=O) groups is 1. The maximum Gasteiger partial charge on any atom is 0.258 e. The zero-order valence-corrected chi connectivity index (χ0v) is 9.58. The fraction of sp³-hybridized carbons (Fsp3) is 0.0909. The van der Waals surface area contributed by atoms with Gasteiger partial charge in [0.25, 0.3) is 5.91 Å². The first kappa shape index (κ1) is 10.5. The van der Waals surface area contributed by atoms with Crippen LogP contribution in [0.25, 0.3) is 10.9 Å². The molecule has 0 radical (unpaired) electrons. The molecule has 0 aliphatic carbocycles. The smallest absolute Gasteiger partial charge is 0.258 e. The predicted molar refractivity (Wildman–Crippen MR) is 65.0 cm³/mol. The SMILES string of the molecule is Cn1cc2ccc(C(=O)Nc3ncn[nH]3)cc2n1. The van der Waals surface area contributed by atoms with E-state index in [1.807, 2.05) is 19.3 Å². The Bertz CT molecular complexity index is 699. The molecule has 0 spiro atoms. The summed E-state index contributed by atoms with van der Waals surface area (Å²) in [5, 5.41) is 14.1. The first-order valence-corrected chi connectivity index (χ1v) is 5.32. The molecule has 90 valence electrons. The number of fused-ring (bicyclic) bond motifs is 1. The van der Waals surface area contributed by atoms with Crippen LogP contribution in [-0.2, 0) is 7.05 Å². The highest BCUT2D eigenvalue weighted by Crippen LogP contribution is 2.14. The van der Waals surface area contributed by atoms with E-state index in [2.05, 4.69) is 25.6 Å². The lowest BCUT2D eigenvalue weighted by atomic mass is 10.1. The highest BCUT2D eigenvalue weighted by molar-refractivity contribution is 6.05. The van der Waals surface area contributed by atoms with Gasteiger partial charge in [-0.2, -0.15) is 15.2 Å². The Morgan fingerprint density at radius 3 is 3.11 bits per heavy atom. The number of aromatic amines is 1. The lowest BCUT2D eigenvalue weighted by Crippen LogP contribution is -2.12. The van der Waals surface area contributed by atoms with E-state index in [0.717, 1.165) is 10.9 Å². The Morgan fingerprint density at radius 1 is 1.44 bits per heavy atom. The van der Waals surface area contributed by atoms with Gasteiger partial charge in [-0.15, -0.1) is 0 Å². The second kappa shape index (κ2) is 3.95. The molecule has 0 unspecified atom stereocenters. The molecule has 0 fully saturated rings. The van der Waals surface area contributed by atoms with Crippen LogP contribution in [0.2, 0.25) is 0 Å². The van der Waals surface area contributed by atoms with Crippen molar-refractivity contribution < 1.29 is 4.79 Å².